The van der Waals surface area contributed by atoms with Gasteiger partial charge in [0.25, 0.3) is 0 Å². The Labute approximate surface area is 361 Å². The quantitative estimate of drug-likeness (QED) is 0.157. The summed E-state index contributed by atoms with van der Waals surface area (Å²) in [5.41, 5.74) is 0.821. The minimum Gasteiger partial charge on any atom is -0.310 e. The monoisotopic (exact) mass is 762 g/mol. The predicted molar refractivity (Wildman–Crippen MR) is 245 cm³/mol. The minimum atomic E-state index is -0.842. The van der Waals surface area contributed by atoms with Gasteiger partial charge in [-0.1, -0.05) is 157 Å². The molecule has 0 saturated carbocycles. The van der Waals surface area contributed by atoms with Crippen LogP contribution < -0.4 is 4.90 Å². The molecule has 2 nitrogen and oxygen atoms in total. The van der Waals surface area contributed by atoms with E-state index < -0.39 is 142 Å². The number of hydrogen-bond acceptors (Lipinski definition) is 2. The summed E-state index contributed by atoms with van der Waals surface area (Å²) in [4.78, 5) is 1.10. The van der Waals surface area contributed by atoms with Gasteiger partial charge in [-0.3, -0.25) is 0 Å². The van der Waals surface area contributed by atoms with E-state index in [9.17, 15) is 11.0 Å². The van der Waals surface area contributed by atoms with Crippen LogP contribution in [-0.2, 0) is 0 Å². The van der Waals surface area contributed by atoms with Crippen LogP contribution >= 0.6 is 11.3 Å². The molecular formula is C54H36N2S. The van der Waals surface area contributed by atoms with E-state index in [1.54, 1.807) is 18.2 Å². The summed E-state index contributed by atoms with van der Waals surface area (Å²) in [7, 11) is 0. The molecule has 0 aliphatic rings. The Morgan fingerprint density at radius 3 is 1.56 bits per heavy atom. The van der Waals surface area contributed by atoms with Gasteiger partial charge in [0.2, 0.25) is 0 Å². The van der Waals surface area contributed by atoms with E-state index in [1.165, 1.54) is 11.3 Å². The van der Waals surface area contributed by atoms with Crippen LogP contribution in [0.2, 0.25) is 0 Å². The summed E-state index contributed by atoms with van der Waals surface area (Å²) in [6.07, 6.45) is 0. The summed E-state index contributed by atoms with van der Waals surface area (Å²) in [6, 6.07) is 20.5. The number of benzene rings is 9. The number of hydrogen-bond donors (Lipinski definition) is 0. The number of fused-ring (bicyclic) bond motifs is 6. The van der Waals surface area contributed by atoms with Crippen LogP contribution in [0.1, 0.15) is 24.7 Å². The summed E-state index contributed by atoms with van der Waals surface area (Å²) >= 11 is 1.40. The summed E-state index contributed by atoms with van der Waals surface area (Å²) in [5.74, 6) is 0. The van der Waals surface area contributed by atoms with Gasteiger partial charge in [-0.15, -0.1) is 11.3 Å². The zero-order valence-corrected chi connectivity index (χ0v) is 30.5. The maximum Gasteiger partial charge on any atom is 0.0645 e. The van der Waals surface area contributed by atoms with E-state index in [-0.39, 0.29) is 5.69 Å². The van der Waals surface area contributed by atoms with Crippen molar-refractivity contribution in [1.82, 2.24) is 4.57 Å². The van der Waals surface area contributed by atoms with Crippen molar-refractivity contribution in [2.75, 3.05) is 4.90 Å². The summed E-state index contributed by atoms with van der Waals surface area (Å²) in [5, 5.41) is 3.23. The minimum absolute atomic E-state index is 0.0810. The Kier molecular flexibility index (Phi) is 4.75. The molecule has 11 rings (SSSR count). The molecule has 9 aromatic carbocycles. The second-order valence-electron chi connectivity index (χ2n) is 13.1. The lowest BCUT2D eigenvalue weighted by Crippen LogP contribution is -2.10. The first-order valence-corrected chi connectivity index (χ1v) is 18.8. The van der Waals surface area contributed by atoms with Crippen molar-refractivity contribution >= 4 is 70.4 Å². The normalized spacial score (nSPS) is 15.9. The maximum atomic E-state index is 9.70. The highest BCUT2D eigenvalue weighted by Crippen LogP contribution is 2.49. The molecule has 11 aromatic rings. The maximum absolute atomic E-state index is 9.70. The third-order valence-electron chi connectivity index (χ3n) is 9.91. The van der Waals surface area contributed by atoms with Crippen LogP contribution in [0.15, 0.2) is 218 Å². The molecule has 0 bridgehead atoms. The zero-order valence-electron chi connectivity index (χ0n) is 47.7. The highest BCUT2D eigenvalue weighted by molar-refractivity contribution is 7.26. The van der Waals surface area contributed by atoms with Crippen molar-refractivity contribution in [3.63, 3.8) is 0 Å². The lowest BCUT2D eigenvalue weighted by Gasteiger charge is -2.27. The fourth-order valence-electron chi connectivity index (χ4n) is 7.43. The molecule has 0 spiro atoms. The lowest BCUT2D eigenvalue weighted by molar-refractivity contribution is 1.18. The fourth-order valence-corrected chi connectivity index (χ4v) is 8.68. The number of nitrogens with zero attached hydrogens (tertiary/aromatic N) is 2. The number of anilines is 3. The van der Waals surface area contributed by atoms with Crippen LogP contribution in [0.25, 0.3) is 81.0 Å². The van der Waals surface area contributed by atoms with Gasteiger partial charge >= 0.3 is 0 Å². The van der Waals surface area contributed by atoms with Crippen molar-refractivity contribution in [3.05, 3.63) is 218 Å². The van der Waals surface area contributed by atoms with Gasteiger partial charge in [-0.05, 0) is 93.9 Å². The van der Waals surface area contributed by atoms with Crippen molar-refractivity contribution in [2.24, 2.45) is 0 Å². The molecule has 0 atom stereocenters. The van der Waals surface area contributed by atoms with E-state index in [0.29, 0.717) is 15.5 Å². The van der Waals surface area contributed by atoms with E-state index >= 15 is 0 Å². The highest BCUT2D eigenvalue weighted by Gasteiger charge is 2.22. The molecule has 0 amide bonds. The third-order valence-corrected chi connectivity index (χ3v) is 11.1. The Morgan fingerprint density at radius 1 is 0.439 bits per heavy atom. The van der Waals surface area contributed by atoms with Crippen LogP contribution in [0.4, 0.5) is 17.1 Å². The smallest absolute Gasteiger partial charge is 0.0645 e. The van der Waals surface area contributed by atoms with E-state index in [2.05, 4.69) is 34.9 Å². The predicted octanol–water partition coefficient (Wildman–Crippen LogP) is 15.6. The lowest BCUT2D eigenvalue weighted by atomic mass is 9.99. The highest BCUT2D eigenvalue weighted by atomic mass is 32.1. The van der Waals surface area contributed by atoms with Gasteiger partial charge in [-0.25, -0.2) is 0 Å². The molecule has 0 aliphatic carbocycles. The number of para-hydroxylation sites is 2. The topological polar surface area (TPSA) is 8.17 Å². The summed E-state index contributed by atoms with van der Waals surface area (Å²) < 4.78 is 165. The first-order chi connectivity index (χ1) is 35.8. The molecule has 0 radical (unpaired) electrons. The first-order valence-electron chi connectivity index (χ1n) is 27.0. The average molecular weight is 763 g/mol. The van der Waals surface area contributed by atoms with Gasteiger partial charge in [0, 0.05) is 48.0 Å². The molecule has 0 aliphatic heterocycles. The van der Waals surface area contributed by atoms with Gasteiger partial charge in [0.15, 0.2) is 0 Å². The molecule has 0 unspecified atom stereocenters. The third kappa shape index (κ3) is 5.71. The molecule has 2 heterocycles. The number of thiophene rings is 1. The number of aromatic nitrogens is 1. The van der Waals surface area contributed by atoms with Crippen LogP contribution in [0.5, 0.6) is 0 Å². The molecule has 0 saturated heterocycles. The molecule has 268 valence electrons. The first kappa shape index (κ1) is 19.6. The van der Waals surface area contributed by atoms with Crippen molar-refractivity contribution in [3.8, 4) is 39.1 Å². The van der Waals surface area contributed by atoms with E-state index in [0.717, 1.165) is 48.2 Å². The fraction of sp³-hybridized carbons (Fsp3) is 0. The van der Waals surface area contributed by atoms with Gasteiger partial charge < -0.3 is 9.47 Å². The summed E-state index contributed by atoms with van der Waals surface area (Å²) in [6.45, 7) is 0. The second kappa shape index (κ2) is 13.8. The Balaban J connectivity index is 1.23. The van der Waals surface area contributed by atoms with Crippen LogP contribution in [0.3, 0.4) is 0 Å². The van der Waals surface area contributed by atoms with E-state index in [1.807, 2.05) is 60.7 Å². The average Bonchev–Trinajstić information content (AvgIpc) is 3.99. The molecule has 0 fully saturated rings. The van der Waals surface area contributed by atoms with Crippen molar-refractivity contribution in [2.45, 2.75) is 0 Å². The van der Waals surface area contributed by atoms with Crippen LogP contribution in [0, 0.1) is 0 Å². The standard InChI is InChI=1S/C54H36N2S/c1-3-14-37(15-4-1)39-26-30-42(31-27-39)55(43-32-28-40(29-33-43)38-16-5-2-6-17-38)51-35-34-45(54-53(51)48-22-9-12-25-52(48)57-54)41-18-13-19-44(36-41)56-49-23-10-7-20-46(49)47-21-8-11-24-50(47)56/h1-36H/i1D,2D,3D,4D,5D,6D,14D,15D,16D,17D,26D,27D,28D,29D,30D,31D,32D,33D. The van der Waals surface area contributed by atoms with Gasteiger partial charge in [0.05, 0.1) is 41.4 Å². The van der Waals surface area contributed by atoms with Crippen molar-refractivity contribution in [1.29, 1.82) is 0 Å². The van der Waals surface area contributed by atoms with Gasteiger partial charge in [-0.2, -0.15) is 0 Å². The Morgan fingerprint density at radius 2 is 0.965 bits per heavy atom. The molecule has 0 N–H and O–H groups in total. The van der Waals surface area contributed by atoms with Crippen LogP contribution in [-0.4, -0.2) is 4.57 Å². The SMILES string of the molecule is [2H]c1c([2H])c([2H])c(-c2c([2H])c([2H])c(N(c3c([2H])c([2H])c(-c4c([2H])c([2H])c([2H])c([2H])c4[2H])c([2H])c3[2H])c3ccc(-c4cccc(-n5c6ccccc6c6ccccc65)c4)c4sc5ccccc5c34)c([2H])c2[2H])c([2H])c1[2H]. The Bertz CT molecular complexity index is 4010. The van der Waals surface area contributed by atoms with E-state index in [4.69, 9.17) is 13.7 Å². The zero-order chi connectivity index (χ0) is 53.4. The Hall–Kier alpha value is -7.20. The van der Waals surface area contributed by atoms with Gasteiger partial charge in [0.1, 0.15) is 0 Å². The number of rotatable bonds is 7. The molecule has 3 heteroatoms. The molecular weight excluding hydrogens is 709 g/mol. The largest absolute Gasteiger partial charge is 0.310 e. The van der Waals surface area contributed by atoms with Crippen molar-refractivity contribution < 1.29 is 24.7 Å². The molecule has 2 aromatic heterocycles. The second-order valence-corrected chi connectivity index (χ2v) is 14.2. The molecule has 57 heavy (non-hydrogen) atoms.